The molecule has 0 aliphatic carbocycles. The van der Waals surface area contributed by atoms with Crippen molar-refractivity contribution >= 4 is 23.0 Å². The van der Waals surface area contributed by atoms with Gasteiger partial charge in [0.15, 0.2) is 0 Å². The van der Waals surface area contributed by atoms with Crippen molar-refractivity contribution in [2.24, 2.45) is 0 Å². The maximum absolute atomic E-state index is 11.5. The van der Waals surface area contributed by atoms with Crippen molar-refractivity contribution in [3.05, 3.63) is 38.9 Å². The first-order valence-corrected chi connectivity index (χ1v) is 6.77. The molecule has 2 aromatic rings. The second-order valence-electron chi connectivity index (χ2n) is 3.88. The Morgan fingerprint density at radius 2 is 2.19 bits per heavy atom. The summed E-state index contributed by atoms with van der Waals surface area (Å²) in [7, 11) is 0. The first-order chi connectivity index (χ1) is 10.0. The average Bonchev–Trinajstić information content (AvgIpc) is 2.90. The van der Waals surface area contributed by atoms with Crippen LogP contribution in [-0.2, 0) is 4.74 Å². The van der Waals surface area contributed by atoms with Gasteiger partial charge in [-0.05, 0) is 30.7 Å². The van der Waals surface area contributed by atoms with Crippen LogP contribution in [-0.4, -0.2) is 27.7 Å². The molecule has 0 aliphatic rings. The standard InChI is InChI=1S/C12H11N3O5S/c1-3-19-11(16)10-13-14-12(21-10)20-9-7(2)5-4-6-8(9)15(17)18/h4-6H,3H2,1-2H3. The number of nitro groups is 1. The molecule has 0 fully saturated rings. The summed E-state index contributed by atoms with van der Waals surface area (Å²) in [4.78, 5) is 21.9. The molecule has 0 unspecified atom stereocenters. The number of esters is 1. The molecule has 110 valence electrons. The highest BCUT2D eigenvalue weighted by Gasteiger charge is 2.21. The lowest BCUT2D eigenvalue weighted by Gasteiger charge is -2.05. The van der Waals surface area contributed by atoms with E-state index in [9.17, 15) is 14.9 Å². The Labute approximate surface area is 123 Å². The Morgan fingerprint density at radius 1 is 1.43 bits per heavy atom. The molecular weight excluding hydrogens is 298 g/mol. The zero-order valence-electron chi connectivity index (χ0n) is 11.2. The molecular formula is C12H11N3O5S. The van der Waals surface area contributed by atoms with Crippen LogP contribution in [0.5, 0.6) is 10.9 Å². The fourth-order valence-corrected chi connectivity index (χ4v) is 2.12. The van der Waals surface area contributed by atoms with Gasteiger partial charge in [0.25, 0.3) is 5.19 Å². The van der Waals surface area contributed by atoms with Gasteiger partial charge in [-0.3, -0.25) is 10.1 Å². The number of nitrogens with zero attached hydrogens (tertiary/aromatic N) is 3. The lowest BCUT2D eigenvalue weighted by molar-refractivity contribution is -0.385. The molecule has 0 saturated carbocycles. The van der Waals surface area contributed by atoms with E-state index in [1.54, 1.807) is 26.0 Å². The average molecular weight is 309 g/mol. The van der Waals surface area contributed by atoms with Crippen LogP contribution >= 0.6 is 11.3 Å². The zero-order chi connectivity index (χ0) is 15.4. The van der Waals surface area contributed by atoms with Gasteiger partial charge in [-0.2, -0.15) is 0 Å². The van der Waals surface area contributed by atoms with Gasteiger partial charge in [0.05, 0.1) is 11.5 Å². The van der Waals surface area contributed by atoms with Crippen LogP contribution in [0.2, 0.25) is 0 Å². The Morgan fingerprint density at radius 3 is 2.86 bits per heavy atom. The fourth-order valence-electron chi connectivity index (χ4n) is 1.53. The van der Waals surface area contributed by atoms with Crippen molar-refractivity contribution in [2.75, 3.05) is 6.61 Å². The summed E-state index contributed by atoms with van der Waals surface area (Å²) >= 11 is 0.863. The normalized spacial score (nSPS) is 10.2. The van der Waals surface area contributed by atoms with E-state index in [0.29, 0.717) is 5.56 Å². The summed E-state index contributed by atoms with van der Waals surface area (Å²) in [6, 6.07) is 4.57. The largest absolute Gasteiger partial charge is 0.461 e. The third-order valence-electron chi connectivity index (χ3n) is 2.43. The second-order valence-corrected chi connectivity index (χ2v) is 4.82. The zero-order valence-corrected chi connectivity index (χ0v) is 12.0. The summed E-state index contributed by atoms with van der Waals surface area (Å²) < 4.78 is 10.2. The van der Waals surface area contributed by atoms with Gasteiger partial charge in [0.2, 0.25) is 10.8 Å². The van der Waals surface area contributed by atoms with Crippen LogP contribution < -0.4 is 4.74 Å². The van der Waals surface area contributed by atoms with Gasteiger partial charge in [-0.1, -0.05) is 17.2 Å². The lowest BCUT2D eigenvalue weighted by atomic mass is 10.2. The van der Waals surface area contributed by atoms with E-state index in [0.717, 1.165) is 11.3 Å². The van der Waals surface area contributed by atoms with Crippen molar-refractivity contribution in [3.63, 3.8) is 0 Å². The van der Waals surface area contributed by atoms with Gasteiger partial charge in [0.1, 0.15) is 0 Å². The maximum atomic E-state index is 11.5. The van der Waals surface area contributed by atoms with E-state index in [1.807, 2.05) is 0 Å². The van der Waals surface area contributed by atoms with Gasteiger partial charge >= 0.3 is 11.7 Å². The molecule has 0 saturated heterocycles. The van der Waals surface area contributed by atoms with E-state index < -0.39 is 10.9 Å². The van der Waals surface area contributed by atoms with Gasteiger partial charge < -0.3 is 9.47 Å². The van der Waals surface area contributed by atoms with Crippen molar-refractivity contribution < 1.29 is 19.2 Å². The molecule has 0 spiro atoms. The number of nitro benzene ring substituents is 1. The highest BCUT2D eigenvalue weighted by Crippen LogP contribution is 2.35. The first-order valence-electron chi connectivity index (χ1n) is 5.95. The van der Waals surface area contributed by atoms with Crippen LogP contribution in [0.3, 0.4) is 0 Å². The molecule has 21 heavy (non-hydrogen) atoms. The number of carbonyl (C=O) groups is 1. The lowest BCUT2D eigenvalue weighted by Crippen LogP contribution is -2.03. The van der Waals surface area contributed by atoms with E-state index in [2.05, 4.69) is 10.2 Å². The highest BCUT2D eigenvalue weighted by molar-refractivity contribution is 7.14. The third kappa shape index (κ3) is 3.31. The minimum Gasteiger partial charge on any atom is -0.461 e. The number of aromatic nitrogens is 2. The molecule has 1 heterocycles. The predicted octanol–water partition coefficient (Wildman–Crippen LogP) is 2.72. The van der Waals surface area contributed by atoms with E-state index in [-0.39, 0.29) is 28.2 Å². The first kappa shape index (κ1) is 14.9. The van der Waals surface area contributed by atoms with E-state index in [1.165, 1.54) is 6.07 Å². The van der Waals surface area contributed by atoms with Crippen molar-refractivity contribution in [1.29, 1.82) is 0 Å². The number of aryl methyl sites for hydroxylation is 1. The number of carbonyl (C=O) groups excluding carboxylic acids is 1. The molecule has 8 nitrogen and oxygen atoms in total. The monoisotopic (exact) mass is 309 g/mol. The number of hydrogen-bond acceptors (Lipinski definition) is 8. The van der Waals surface area contributed by atoms with Crippen LogP contribution in [0.4, 0.5) is 5.69 Å². The molecule has 0 N–H and O–H groups in total. The van der Waals surface area contributed by atoms with Crippen LogP contribution in [0, 0.1) is 17.0 Å². The number of benzene rings is 1. The minimum atomic E-state index is -0.607. The molecule has 0 bridgehead atoms. The number of ether oxygens (including phenoxy) is 2. The summed E-state index contributed by atoms with van der Waals surface area (Å²) in [6.07, 6.45) is 0. The molecule has 9 heteroatoms. The van der Waals surface area contributed by atoms with Crippen LogP contribution in [0.15, 0.2) is 18.2 Å². The van der Waals surface area contributed by atoms with Crippen molar-refractivity contribution in [2.45, 2.75) is 13.8 Å². The number of rotatable bonds is 5. The maximum Gasteiger partial charge on any atom is 0.369 e. The van der Waals surface area contributed by atoms with Gasteiger partial charge in [-0.15, -0.1) is 5.10 Å². The molecule has 0 amide bonds. The van der Waals surface area contributed by atoms with Crippen molar-refractivity contribution in [3.8, 4) is 10.9 Å². The molecule has 0 radical (unpaired) electrons. The quantitative estimate of drug-likeness (QED) is 0.475. The van der Waals surface area contributed by atoms with Crippen molar-refractivity contribution in [1.82, 2.24) is 10.2 Å². The van der Waals surface area contributed by atoms with Gasteiger partial charge in [0, 0.05) is 6.07 Å². The Kier molecular flexibility index (Phi) is 4.43. The summed E-state index contributed by atoms with van der Waals surface area (Å²) in [6.45, 7) is 3.57. The number of para-hydroxylation sites is 1. The Balaban J connectivity index is 2.27. The Bertz CT molecular complexity index is 685. The van der Waals surface area contributed by atoms with Crippen LogP contribution in [0.1, 0.15) is 22.3 Å². The molecule has 1 aromatic heterocycles. The fraction of sp³-hybridized carbons (Fsp3) is 0.250. The summed E-state index contributed by atoms with van der Waals surface area (Å²) in [5.74, 6) is -0.529. The number of hydrogen-bond donors (Lipinski definition) is 0. The van der Waals surface area contributed by atoms with E-state index >= 15 is 0 Å². The molecule has 0 aliphatic heterocycles. The minimum absolute atomic E-state index is 0.0306. The summed E-state index contributed by atoms with van der Waals surface area (Å²) in [5.41, 5.74) is 0.403. The summed E-state index contributed by atoms with van der Waals surface area (Å²) in [5, 5.41) is 18.4. The van der Waals surface area contributed by atoms with Crippen LogP contribution in [0.25, 0.3) is 0 Å². The Hall–Kier alpha value is -2.55. The van der Waals surface area contributed by atoms with E-state index in [4.69, 9.17) is 9.47 Å². The molecule has 1 aromatic carbocycles. The molecule has 2 rings (SSSR count). The smallest absolute Gasteiger partial charge is 0.369 e. The SMILES string of the molecule is CCOC(=O)c1nnc(Oc2c(C)cccc2[N+](=O)[O-])s1. The third-order valence-corrected chi connectivity index (χ3v) is 3.21. The topological polar surface area (TPSA) is 104 Å². The second kappa shape index (κ2) is 6.27. The molecule has 0 atom stereocenters. The van der Waals surface area contributed by atoms with Gasteiger partial charge in [-0.25, -0.2) is 4.79 Å². The highest BCUT2D eigenvalue weighted by atomic mass is 32.1. The predicted molar refractivity (Wildman–Crippen MR) is 73.8 cm³/mol.